The molecule has 5 nitrogen and oxygen atoms in total. The minimum absolute atomic E-state index is 0.00269. The predicted molar refractivity (Wildman–Crippen MR) is 116 cm³/mol. The lowest BCUT2D eigenvalue weighted by atomic mass is 9.89. The van der Waals surface area contributed by atoms with Crippen molar-refractivity contribution in [3.05, 3.63) is 71.0 Å². The van der Waals surface area contributed by atoms with Gasteiger partial charge in [0.2, 0.25) is 0 Å². The van der Waals surface area contributed by atoms with Gasteiger partial charge >= 0.3 is 0 Å². The highest BCUT2D eigenvalue weighted by atomic mass is 19.1. The normalized spacial score (nSPS) is 26.6. The molecule has 1 aliphatic carbocycles. The smallest absolute Gasteiger partial charge is 0.257 e. The van der Waals surface area contributed by atoms with E-state index in [2.05, 4.69) is 6.07 Å². The van der Waals surface area contributed by atoms with Gasteiger partial charge in [0.15, 0.2) is 5.60 Å². The summed E-state index contributed by atoms with van der Waals surface area (Å²) in [5.74, 6) is 0.352. The van der Waals surface area contributed by atoms with E-state index in [0.717, 1.165) is 24.0 Å². The molecular weight excluding hydrogens is 407 g/mol. The highest BCUT2D eigenvalue weighted by molar-refractivity contribution is 5.95. The number of halogens is 1. The van der Waals surface area contributed by atoms with E-state index in [-0.39, 0.29) is 29.9 Å². The SMILES string of the molecule is O=C(c1cccc(C2CC2)c1)N1CCC2(CC1)O[C@@H]1CC[C@@H](c3cccc(F)c3)N1C2=O. The summed E-state index contributed by atoms with van der Waals surface area (Å²) in [4.78, 5) is 30.3. The van der Waals surface area contributed by atoms with E-state index < -0.39 is 5.60 Å². The van der Waals surface area contributed by atoms with Crippen molar-refractivity contribution in [2.45, 2.75) is 62.3 Å². The van der Waals surface area contributed by atoms with Crippen molar-refractivity contribution in [3.8, 4) is 0 Å². The third kappa shape index (κ3) is 3.24. The van der Waals surface area contributed by atoms with Crippen molar-refractivity contribution in [1.29, 1.82) is 0 Å². The number of amides is 2. The number of ether oxygens (including phenoxy) is 1. The number of fused-ring (bicyclic) bond motifs is 1. The molecule has 0 bridgehead atoms. The molecule has 2 aromatic rings. The number of rotatable bonds is 3. The van der Waals surface area contributed by atoms with Crippen LogP contribution in [-0.2, 0) is 9.53 Å². The Kier molecular flexibility index (Phi) is 4.61. The van der Waals surface area contributed by atoms with Gasteiger partial charge in [-0.15, -0.1) is 0 Å². The van der Waals surface area contributed by atoms with Crippen LogP contribution in [0.15, 0.2) is 48.5 Å². The van der Waals surface area contributed by atoms with E-state index in [1.165, 1.54) is 30.5 Å². The molecule has 6 rings (SSSR count). The molecular formula is C26H27FN2O3. The highest BCUT2D eigenvalue weighted by Gasteiger charge is 2.58. The number of carbonyl (C=O) groups is 2. The summed E-state index contributed by atoms with van der Waals surface area (Å²) < 4.78 is 20.1. The summed E-state index contributed by atoms with van der Waals surface area (Å²) in [7, 11) is 0. The highest BCUT2D eigenvalue weighted by Crippen LogP contribution is 2.47. The first kappa shape index (κ1) is 19.9. The van der Waals surface area contributed by atoms with Gasteiger partial charge < -0.3 is 14.5 Å². The summed E-state index contributed by atoms with van der Waals surface area (Å²) in [5, 5.41) is 0. The van der Waals surface area contributed by atoms with Crippen LogP contribution >= 0.6 is 0 Å². The largest absolute Gasteiger partial charge is 0.342 e. The molecule has 32 heavy (non-hydrogen) atoms. The van der Waals surface area contributed by atoms with Crippen LogP contribution < -0.4 is 0 Å². The van der Waals surface area contributed by atoms with Gasteiger partial charge in [0.05, 0.1) is 6.04 Å². The molecule has 1 saturated carbocycles. The van der Waals surface area contributed by atoms with Crippen molar-refractivity contribution >= 4 is 11.8 Å². The lowest BCUT2D eigenvalue weighted by molar-refractivity contribution is -0.142. The van der Waals surface area contributed by atoms with Crippen molar-refractivity contribution in [3.63, 3.8) is 0 Å². The Balaban J connectivity index is 1.16. The molecule has 2 aromatic carbocycles. The fourth-order valence-corrected chi connectivity index (χ4v) is 5.68. The van der Waals surface area contributed by atoms with E-state index in [1.807, 2.05) is 34.1 Å². The predicted octanol–water partition coefficient (Wildman–Crippen LogP) is 4.40. The maximum absolute atomic E-state index is 13.8. The second-order valence-electron chi connectivity index (χ2n) is 9.62. The van der Waals surface area contributed by atoms with E-state index in [0.29, 0.717) is 31.8 Å². The topological polar surface area (TPSA) is 49.9 Å². The third-order valence-electron chi connectivity index (χ3n) is 7.59. The number of hydrogen-bond donors (Lipinski definition) is 0. The average molecular weight is 435 g/mol. The molecule has 3 heterocycles. The Morgan fingerprint density at radius 1 is 0.969 bits per heavy atom. The number of benzene rings is 2. The molecule has 0 aromatic heterocycles. The van der Waals surface area contributed by atoms with Gasteiger partial charge in [-0.25, -0.2) is 4.39 Å². The zero-order valence-electron chi connectivity index (χ0n) is 18.0. The number of likely N-dealkylation sites (tertiary alicyclic amines) is 1. The van der Waals surface area contributed by atoms with Gasteiger partial charge in [0.1, 0.15) is 12.0 Å². The van der Waals surface area contributed by atoms with Gasteiger partial charge in [-0.2, -0.15) is 0 Å². The van der Waals surface area contributed by atoms with Crippen LogP contribution in [0.5, 0.6) is 0 Å². The van der Waals surface area contributed by atoms with E-state index in [4.69, 9.17) is 4.74 Å². The zero-order chi connectivity index (χ0) is 21.9. The van der Waals surface area contributed by atoms with Crippen molar-refractivity contribution in [2.24, 2.45) is 0 Å². The van der Waals surface area contributed by atoms with E-state index >= 15 is 0 Å². The van der Waals surface area contributed by atoms with Gasteiger partial charge in [0, 0.05) is 31.5 Å². The zero-order valence-corrected chi connectivity index (χ0v) is 18.0. The number of nitrogens with zero attached hydrogens (tertiary/aromatic N) is 2. The average Bonchev–Trinajstić information content (AvgIpc) is 3.54. The molecule has 3 aliphatic heterocycles. The van der Waals surface area contributed by atoms with Crippen LogP contribution in [0.3, 0.4) is 0 Å². The third-order valence-corrected chi connectivity index (χ3v) is 7.59. The first-order valence-electron chi connectivity index (χ1n) is 11.7. The van der Waals surface area contributed by atoms with E-state index in [1.54, 1.807) is 6.07 Å². The Hall–Kier alpha value is -2.73. The van der Waals surface area contributed by atoms with Crippen LogP contribution in [0.2, 0.25) is 0 Å². The summed E-state index contributed by atoms with van der Waals surface area (Å²) in [6, 6.07) is 14.4. The number of carbonyl (C=O) groups excluding carboxylic acids is 2. The minimum atomic E-state index is -0.858. The summed E-state index contributed by atoms with van der Waals surface area (Å²) in [6.45, 7) is 1.01. The molecule has 0 N–H and O–H groups in total. The maximum atomic E-state index is 13.8. The summed E-state index contributed by atoms with van der Waals surface area (Å²) >= 11 is 0. The molecule has 4 aliphatic rings. The maximum Gasteiger partial charge on any atom is 0.257 e. The molecule has 6 heteroatoms. The molecule has 0 radical (unpaired) electrons. The Morgan fingerprint density at radius 2 is 1.72 bits per heavy atom. The van der Waals surface area contributed by atoms with Crippen LogP contribution in [0.1, 0.15) is 72.0 Å². The molecule has 3 saturated heterocycles. The summed E-state index contributed by atoms with van der Waals surface area (Å²) in [5.41, 5.74) is 1.95. The molecule has 4 fully saturated rings. The van der Waals surface area contributed by atoms with Crippen LogP contribution in [0, 0.1) is 5.82 Å². The van der Waals surface area contributed by atoms with Gasteiger partial charge in [-0.3, -0.25) is 9.59 Å². The standard InChI is InChI=1S/C26H27FN2O3/c27-21-6-2-4-19(16-21)22-9-10-23-29(22)25(31)26(32-23)11-13-28(14-12-26)24(30)20-5-1-3-18(15-20)17-7-8-17/h1-6,15-17,22-23H,7-14H2/t22-,23+/m0/s1. The minimum Gasteiger partial charge on any atom is -0.342 e. The fourth-order valence-electron chi connectivity index (χ4n) is 5.68. The molecule has 2 atom stereocenters. The summed E-state index contributed by atoms with van der Waals surface area (Å²) in [6.07, 6.45) is 4.69. The first-order chi connectivity index (χ1) is 15.5. The lowest BCUT2D eigenvalue weighted by Crippen LogP contribution is -2.51. The first-order valence-corrected chi connectivity index (χ1v) is 11.7. The molecule has 1 spiro atoms. The van der Waals surface area contributed by atoms with Crippen LogP contribution in [0.4, 0.5) is 4.39 Å². The lowest BCUT2D eigenvalue weighted by Gasteiger charge is -2.37. The van der Waals surface area contributed by atoms with Gasteiger partial charge in [-0.1, -0.05) is 24.3 Å². The van der Waals surface area contributed by atoms with Crippen molar-refractivity contribution in [1.82, 2.24) is 9.80 Å². The Bertz CT molecular complexity index is 1070. The monoisotopic (exact) mass is 434 g/mol. The van der Waals surface area contributed by atoms with Gasteiger partial charge in [-0.05, 0) is 67.0 Å². The second-order valence-corrected chi connectivity index (χ2v) is 9.62. The van der Waals surface area contributed by atoms with Gasteiger partial charge in [0.25, 0.3) is 11.8 Å². The molecule has 166 valence electrons. The molecule has 2 amide bonds. The quantitative estimate of drug-likeness (QED) is 0.720. The number of piperidine rings is 1. The Morgan fingerprint density at radius 3 is 2.47 bits per heavy atom. The molecule has 0 unspecified atom stereocenters. The second kappa shape index (κ2) is 7.41. The fraction of sp³-hybridized carbons (Fsp3) is 0.462. The number of hydrogen-bond acceptors (Lipinski definition) is 3. The van der Waals surface area contributed by atoms with Crippen LogP contribution in [0.25, 0.3) is 0 Å². The van der Waals surface area contributed by atoms with Crippen molar-refractivity contribution < 1.29 is 18.7 Å². The Labute approximate surface area is 187 Å². The van der Waals surface area contributed by atoms with Crippen LogP contribution in [-0.4, -0.2) is 46.5 Å². The van der Waals surface area contributed by atoms with E-state index in [9.17, 15) is 14.0 Å². The van der Waals surface area contributed by atoms with Crippen molar-refractivity contribution in [2.75, 3.05) is 13.1 Å².